The molecule has 37 heavy (non-hydrogen) atoms. The van der Waals surface area contributed by atoms with E-state index >= 15 is 0 Å². The molecule has 1 heterocycles. The summed E-state index contributed by atoms with van der Waals surface area (Å²) in [5.74, 6) is 1.83. The van der Waals surface area contributed by atoms with Gasteiger partial charge in [-0.2, -0.15) is 0 Å². The van der Waals surface area contributed by atoms with Crippen LogP contribution < -0.4 is 19.9 Å². The smallest absolute Gasteiger partial charge is 0.238 e. The van der Waals surface area contributed by atoms with E-state index in [-0.39, 0.29) is 16.6 Å². The van der Waals surface area contributed by atoms with Crippen LogP contribution in [0.15, 0.2) is 82.8 Å². The SMILES string of the molecule is CCOc1ccc(-n2c(SCC(=O)Nc3ccc(S(N)(=O)=O)cc3)nnc2-c2ccc(OC)cc2)cc1. The van der Waals surface area contributed by atoms with Crippen molar-refractivity contribution in [2.24, 2.45) is 5.14 Å². The van der Waals surface area contributed by atoms with Gasteiger partial charge in [-0.15, -0.1) is 10.2 Å². The number of carbonyl (C=O) groups is 1. The number of benzene rings is 3. The summed E-state index contributed by atoms with van der Waals surface area (Å²) in [5.41, 5.74) is 2.08. The van der Waals surface area contributed by atoms with Crippen LogP contribution in [0.2, 0.25) is 0 Å². The number of hydrogen-bond acceptors (Lipinski definition) is 8. The number of sulfonamides is 1. The van der Waals surface area contributed by atoms with Crippen molar-refractivity contribution in [3.63, 3.8) is 0 Å². The molecule has 10 nitrogen and oxygen atoms in total. The predicted molar refractivity (Wildman–Crippen MR) is 142 cm³/mol. The van der Waals surface area contributed by atoms with Crippen LogP contribution in [-0.4, -0.2) is 48.6 Å². The maximum atomic E-state index is 12.6. The Morgan fingerprint density at radius 3 is 2.22 bits per heavy atom. The first-order chi connectivity index (χ1) is 17.8. The molecule has 0 saturated carbocycles. The second-order valence-corrected chi connectivity index (χ2v) is 10.2. The van der Waals surface area contributed by atoms with E-state index in [0.29, 0.717) is 23.3 Å². The highest BCUT2D eigenvalue weighted by atomic mass is 32.2. The molecule has 192 valence electrons. The van der Waals surface area contributed by atoms with E-state index in [1.54, 1.807) is 7.11 Å². The Morgan fingerprint density at radius 1 is 0.973 bits per heavy atom. The molecule has 1 aromatic heterocycles. The van der Waals surface area contributed by atoms with Gasteiger partial charge in [-0.3, -0.25) is 9.36 Å². The van der Waals surface area contributed by atoms with Gasteiger partial charge < -0.3 is 14.8 Å². The van der Waals surface area contributed by atoms with Crippen molar-refractivity contribution in [1.29, 1.82) is 0 Å². The van der Waals surface area contributed by atoms with Crippen molar-refractivity contribution < 1.29 is 22.7 Å². The minimum absolute atomic E-state index is 0.0330. The van der Waals surface area contributed by atoms with Crippen LogP contribution in [-0.2, 0) is 14.8 Å². The highest BCUT2D eigenvalue weighted by Crippen LogP contribution is 2.30. The Kier molecular flexibility index (Phi) is 8.11. The van der Waals surface area contributed by atoms with Crippen LogP contribution in [0.5, 0.6) is 11.5 Å². The molecular formula is C25H25N5O5S2. The van der Waals surface area contributed by atoms with Crippen molar-refractivity contribution in [2.75, 3.05) is 24.8 Å². The van der Waals surface area contributed by atoms with Gasteiger partial charge in [0, 0.05) is 16.9 Å². The van der Waals surface area contributed by atoms with E-state index in [4.69, 9.17) is 14.6 Å². The van der Waals surface area contributed by atoms with E-state index in [2.05, 4.69) is 15.5 Å². The molecule has 0 unspecified atom stereocenters. The molecule has 0 bridgehead atoms. The largest absolute Gasteiger partial charge is 0.497 e. The molecule has 0 radical (unpaired) electrons. The van der Waals surface area contributed by atoms with Crippen molar-refractivity contribution in [3.8, 4) is 28.6 Å². The van der Waals surface area contributed by atoms with Crippen molar-refractivity contribution in [1.82, 2.24) is 14.8 Å². The molecule has 0 fully saturated rings. The summed E-state index contributed by atoms with van der Waals surface area (Å²) in [6, 6.07) is 20.6. The van der Waals surface area contributed by atoms with Gasteiger partial charge in [-0.25, -0.2) is 13.6 Å². The lowest BCUT2D eigenvalue weighted by Crippen LogP contribution is -2.15. The van der Waals surface area contributed by atoms with Gasteiger partial charge in [-0.1, -0.05) is 11.8 Å². The maximum Gasteiger partial charge on any atom is 0.238 e. The lowest BCUT2D eigenvalue weighted by atomic mass is 10.2. The number of thioether (sulfide) groups is 1. The monoisotopic (exact) mass is 539 g/mol. The summed E-state index contributed by atoms with van der Waals surface area (Å²) in [6.45, 7) is 2.48. The van der Waals surface area contributed by atoms with E-state index in [9.17, 15) is 13.2 Å². The second kappa shape index (κ2) is 11.5. The molecule has 3 N–H and O–H groups in total. The molecule has 12 heteroatoms. The fraction of sp³-hybridized carbons (Fsp3) is 0.160. The number of carbonyl (C=O) groups excluding carboxylic acids is 1. The zero-order chi connectivity index (χ0) is 26.4. The number of nitrogens with zero attached hydrogens (tertiary/aromatic N) is 3. The van der Waals surface area contributed by atoms with Crippen LogP contribution in [0.25, 0.3) is 17.1 Å². The van der Waals surface area contributed by atoms with E-state index < -0.39 is 10.0 Å². The van der Waals surface area contributed by atoms with Gasteiger partial charge >= 0.3 is 0 Å². The third-order valence-corrected chi connectivity index (χ3v) is 7.04. The number of anilines is 1. The van der Waals surface area contributed by atoms with Crippen LogP contribution in [0.1, 0.15) is 6.92 Å². The van der Waals surface area contributed by atoms with E-state index in [0.717, 1.165) is 22.7 Å². The normalized spacial score (nSPS) is 11.2. The average Bonchev–Trinajstić information content (AvgIpc) is 3.32. The van der Waals surface area contributed by atoms with Crippen LogP contribution in [0.4, 0.5) is 5.69 Å². The zero-order valence-electron chi connectivity index (χ0n) is 20.1. The van der Waals surface area contributed by atoms with Crippen LogP contribution >= 0.6 is 11.8 Å². The first-order valence-corrected chi connectivity index (χ1v) is 13.7. The van der Waals surface area contributed by atoms with E-state index in [1.165, 1.54) is 36.0 Å². The average molecular weight is 540 g/mol. The summed E-state index contributed by atoms with van der Waals surface area (Å²) in [6.07, 6.45) is 0. The summed E-state index contributed by atoms with van der Waals surface area (Å²) in [5, 5.41) is 17.1. The second-order valence-electron chi connectivity index (χ2n) is 7.70. The van der Waals surface area contributed by atoms with Crippen molar-refractivity contribution in [2.45, 2.75) is 17.0 Å². The summed E-state index contributed by atoms with van der Waals surface area (Å²) in [4.78, 5) is 12.6. The fourth-order valence-corrected chi connectivity index (χ4v) is 4.70. The zero-order valence-corrected chi connectivity index (χ0v) is 21.8. The number of ether oxygens (including phenoxy) is 2. The first kappa shape index (κ1) is 26.2. The minimum atomic E-state index is -3.81. The highest BCUT2D eigenvalue weighted by Gasteiger charge is 2.18. The Labute approximate surface area is 218 Å². The number of nitrogens with two attached hydrogens (primary N) is 1. The Bertz CT molecular complexity index is 1470. The third-order valence-electron chi connectivity index (χ3n) is 5.19. The predicted octanol–water partition coefficient (Wildman–Crippen LogP) is 3.72. The Hall–Kier alpha value is -3.87. The number of rotatable bonds is 10. The molecule has 0 aliphatic heterocycles. The molecule has 0 atom stereocenters. The van der Waals surface area contributed by atoms with Gasteiger partial charge in [0.15, 0.2) is 11.0 Å². The molecule has 0 spiro atoms. The molecular weight excluding hydrogens is 514 g/mol. The third kappa shape index (κ3) is 6.47. The topological polar surface area (TPSA) is 138 Å². The minimum Gasteiger partial charge on any atom is -0.497 e. The quantitative estimate of drug-likeness (QED) is 0.291. The molecule has 0 aliphatic rings. The fourth-order valence-electron chi connectivity index (χ4n) is 3.44. The molecule has 4 aromatic rings. The van der Waals surface area contributed by atoms with Crippen molar-refractivity contribution in [3.05, 3.63) is 72.8 Å². The summed E-state index contributed by atoms with van der Waals surface area (Å²) in [7, 11) is -2.20. The van der Waals surface area contributed by atoms with Gasteiger partial charge in [0.1, 0.15) is 11.5 Å². The highest BCUT2D eigenvalue weighted by molar-refractivity contribution is 7.99. The standard InChI is InChI=1S/C25H25N5O5S2/c1-3-35-21-12-8-19(9-13-21)30-24(17-4-10-20(34-2)11-5-17)28-29-25(30)36-16-23(31)27-18-6-14-22(15-7-18)37(26,32)33/h4-15H,3,16H2,1-2H3,(H,27,31)(H2,26,32,33). The van der Waals surface area contributed by atoms with Crippen LogP contribution in [0, 0.1) is 0 Å². The number of nitrogens with one attached hydrogen (secondary N) is 1. The van der Waals surface area contributed by atoms with Crippen LogP contribution in [0.3, 0.4) is 0 Å². The number of aromatic nitrogens is 3. The first-order valence-electron chi connectivity index (χ1n) is 11.2. The van der Waals surface area contributed by atoms with Gasteiger partial charge in [0.2, 0.25) is 15.9 Å². The molecule has 4 rings (SSSR count). The number of hydrogen-bond donors (Lipinski definition) is 2. The number of primary sulfonamides is 1. The molecule has 1 amide bonds. The molecule has 3 aromatic carbocycles. The lowest BCUT2D eigenvalue weighted by Gasteiger charge is -2.12. The number of methoxy groups -OCH3 is 1. The maximum absolute atomic E-state index is 12.6. The Morgan fingerprint density at radius 2 is 1.62 bits per heavy atom. The van der Waals surface area contributed by atoms with Gasteiger partial charge in [0.25, 0.3) is 0 Å². The number of amides is 1. The molecule has 0 saturated heterocycles. The summed E-state index contributed by atoms with van der Waals surface area (Å²) >= 11 is 1.22. The summed E-state index contributed by atoms with van der Waals surface area (Å²) < 4.78 is 35.5. The van der Waals surface area contributed by atoms with Crippen molar-refractivity contribution >= 4 is 33.4 Å². The van der Waals surface area contributed by atoms with E-state index in [1.807, 2.05) is 60.0 Å². The Balaban J connectivity index is 1.56. The van der Waals surface area contributed by atoms with Gasteiger partial charge in [-0.05, 0) is 79.7 Å². The molecule has 0 aliphatic carbocycles. The van der Waals surface area contributed by atoms with Gasteiger partial charge in [0.05, 0.1) is 24.4 Å². The lowest BCUT2D eigenvalue weighted by molar-refractivity contribution is -0.113.